The third-order valence-corrected chi connectivity index (χ3v) is 3.21. The van der Waals surface area contributed by atoms with E-state index in [-0.39, 0.29) is 5.54 Å². The molecule has 0 spiro atoms. The zero-order valence-corrected chi connectivity index (χ0v) is 10.2. The van der Waals surface area contributed by atoms with E-state index in [1.165, 1.54) is 11.3 Å². The van der Waals surface area contributed by atoms with Gasteiger partial charge in [0.25, 0.3) is 0 Å². The molecule has 0 fully saturated rings. The zero-order chi connectivity index (χ0) is 11.1. The molecule has 15 heavy (non-hydrogen) atoms. The Hall–Kier alpha value is -0.830. The van der Waals surface area contributed by atoms with E-state index in [2.05, 4.69) is 37.0 Å². The minimum atomic E-state index is 0.283. The van der Waals surface area contributed by atoms with E-state index in [1.54, 1.807) is 0 Å². The van der Waals surface area contributed by atoms with Crippen molar-refractivity contribution in [2.75, 3.05) is 13.1 Å². The van der Waals surface area contributed by atoms with E-state index in [9.17, 15) is 0 Å². The van der Waals surface area contributed by atoms with Gasteiger partial charge in [-0.3, -0.25) is 9.58 Å². The molecule has 3 nitrogen and oxygen atoms in total. The molecule has 2 rings (SSSR count). The van der Waals surface area contributed by atoms with Crippen LogP contribution in [-0.2, 0) is 19.9 Å². The van der Waals surface area contributed by atoms with Gasteiger partial charge in [-0.05, 0) is 32.8 Å². The van der Waals surface area contributed by atoms with Crippen LogP contribution in [0.4, 0.5) is 0 Å². The molecule has 0 amide bonds. The molecule has 0 unspecified atom stereocenters. The Bertz CT molecular complexity index is 321. The maximum atomic E-state index is 4.52. The fourth-order valence-corrected chi connectivity index (χ4v) is 2.28. The highest BCUT2D eigenvalue weighted by Crippen LogP contribution is 2.20. The van der Waals surface area contributed by atoms with E-state index in [0.29, 0.717) is 0 Å². The van der Waals surface area contributed by atoms with Crippen molar-refractivity contribution < 1.29 is 0 Å². The monoisotopic (exact) mass is 207 g/mol. The van der Waals surface area contributed by atoms with Gasteiger partial charge in [-0.25, -0.2) is 0 Å². The number of rotatable bonds is 0. The van der Waals surface area contributed by atoms with Crippen molar-refractivity contribution in [2.45, 2.75) is 39.2 Å². The molecule has 1 aliphatic heterocycles. The first-order chi connectivity index (χ1) is 6.97. The summed E-state index contributed by atoms with van der Waals surface area (Å²) in [5.74, 6) is 0. The number of fused-ring (bicyclic) bond motifs is 1. The summed E-state index contributed by atoms with van der Waals surface area (Å²) in [5, 5.41) is 4.52. The second-order valence-corrected chi connectivity index (χ2v) is 5.43. The highest BCUT2D eigenvalue weighted by Gasteiger charge is 2.24. The zero-order valence-electron chi connectivity index (χ0n) is 10.2. The lowest BCUT2D eigenvalue weighted by Gasteiger charge is -2.34. The standard InChI is InChI=1S/C12H21N3/c1-12(2,3)15-7-5-10-9-14(4)13-11(10)6-8-15/h9H,5-8H2,1-4H3. The maximum absolute atomic E-state index is 4.52. The SMILES string of the molecule is Cn1cc2c(n1)CCN(C(C)(C)C)CC2. The van der Waals surface area contributed by atoms with Crippen LogP contribution in [-0.4, -0.2) is 33.3 Å². The summed E-state index contributed by atoms with van der Waals surface area (Å²) >= 11 is 0. The third-order valence-electron chi connectivity index (χ3n) is 3.21. The summed E-state index contributed by atoms with van der Waals surface area (Å²) in [7, 11) is 2.01. The van der Waals surface area contributed by atoms with Crippen LogP contribution in [0.2, 0.25) is 0 Å². The van der Waals surface area contributed by atoms with Gasteiger partial charge in [0.05, 0.1) is 5.69 Å². The number of aryl methyl sites for hydroxylation is 1. The quantitative estimate of drug-likeness (QED) is 0.644. The fraction of sp³-hybridized carbons (Fsp3) is 0.750. The molecule has 0 aromatic carbocycles. The predicted octanol–water partition coefficient (Wildman–Crippen LogP) is 1.62. The molecule has 0 aliphatic carbocycles. The molecule has 0 bridgehead atoms. The molecule has 0 N–H and O–H groups in total. The lowest BCUT2D eigenvalue weighted by atomic mass is 10.1. The van der Waals surface area contributed by atoms with Crippen molar-refractivity contribution in [3.05, 3.63) is 17.5 Å². The molecule has 3 heteroatoms. The van der Waals surface area contributed by atoms with Crippen molar-refractivity contribution >= 4 is 0 Å². The molecule has 1 aromatic heterocycles. The summed E-state index contributed by atoms with van der Waals surface area (Å²) in [6.07, 6.45) is 4.40. The van der Waals surface area contributed by atoms with Crippen LogP contribution in [0, 0.1) is 0 Å². The Morgan fingerprint density at radius 2 is 1.87 bits per heavy atom. The first kappa shape index (κ1) is 10.7. The van der Waals surface area contributed by atoms with Gasteiger partial charge in [0, 0.05) is 38.3 Å². The van der Waals surface area contributed by atoms with Crippen LogP contribution < -0.4 is 0 Å². The molecular weight excluding hydrogens is 186 g/mol. The smallest absolute Gasteiger partial charge is 0.0669 e. The van der Waals surface area contributed by atoms with Crippen LogP contribution in [0.5, 0.6) is 0 Å². The molecule has 0 saturated heterocycles. The lowest BCUT2D eigenvalue weighted by molar-refractivity contribution is 0.143. The summed E-state index contributed by atoms with van der Waals surface area (Å²) in [6.45, 7) is 9.15. The second-order valence-electron chi connectivity index (χ2n) is 5.43. The summed E-state index contributed by atoms with van der Waals surface area (Å²) < 4.78 is 1.94. The molecular formula is C12H21N3. The molecule has 84 valence electrons. The van der Waals surface area contributed by atoms with Gasteiger partial charge >= 0.3 is 0 Å². The van der Waals surface area contributed by atoms with Crippen LogP contribution in [0.3, 0.4) is 0 Å². The normalized spacial score (nSPS) is 18.7. The summed E-state index contributed by atoms with van der Waals surface area (Å²) in [4.78, 5) is 2.55. The Labute approximate surface area is 92.1 Å². The summed E-state index contributed by atoms with van der Waals surface area (Å²) in [5.41, 5.74) is 3.01. The van der Waals surface area contributed by atoms with E-state index in [1.807, 2.05) is 11.7 Å². The summed E-state index contributed by atoms with van der Waals surface area (Å²) in [6, 6.07) is 0. The number of hydrogen-bond acceptors (Lipinski definition) is 2. The number of aromatic nitrogens is 2. The number of nitrogens with zero attached hydrogens (tertiary/aromatic N) is 3. The van der Waals surface area contributed by atoms with Gasteiger partial charge < -0.3 is 0 Å². The molecule has 0 atom stereocenters. The Kier molecular flexibility index (Phi) is 2.59. The van der Waals surface area contributed by atoms with Crippen LogP contribution in [0.1, 0.15) is 32.0 Å². The van der Waals surface area contributed by atoms with E-state index in [4.69, 9.17) is 0 Å². The minimum Gasteiger partial charge on any atom is -0.298 e. The molecule has 2 heterocycles. The van der Waals surface area contributed by atoms with Gasteiger partial charge in [-0.2, -0.15) is 5.10 Å². The van der Waals surface area contributed by atoms with Gasteiger partial charge in [0.1, 0.15) is 0 Å². The van der Waals surface area contributed by atoms with Crippen LogP contribution in [0.15, 0.2) is 6.20 Å². The lowest BCUT2D eigenvalue weighted by Crippen LogP contribution is -2.42. The Morgan fingerprint density at radius 3 is 2.53 bits per heavy atom. The molecule has 0 saturated carbocycles. The van der Waals surface area contributed by atoms with E-state index < -0.39 is 0 Å². The largest absolute Gasteiger partial charge is 0.298 e. The van der Waals surface area contributed by atoms with Crippen molar-refractivity contribution in [1.29, 1.82) is 0 Å². The van der Waals surface area contributed by atoms with Gasteiger partial charge in [0.2, 0.25) is 0 Å². The van der Waals surface area contributed by atoms with Crippen LogP contribution >= 0.6 is 0 Å². The topological polar surface area (TPSA) is 21.1 Å². The highest BCUT2D eigenvalue weighted by atomic mass is 15.3. The fourth-order valence-electron chi connectivity index (χ4n) is 2.28. The van der Waals surface area contributed by atoms with E-state index in [0.717, 1.165) is 25.9 Å². The van der Waals surface area contributed by atoms with Crippen molar-refractivity contribution in [1.82, 2.24) is 14.7 Å². The van der Waals surface area contributed by atoms with Crippen molar-refractivity contribution in [3.63, 3.8) is 0 Å². The molecule has 1 aromatic rings. The average Bonchev–Trinajstić information content (AvgIpc) is 2.32. The first-order valence-electron chi connectivity index (χ1n) is 5.73. The van der Waals surface area contributed by atoms with Crippen molar-refractivity contribution in [2.24, 2.45) is 7.05 Å². The van der Waals surface area contributed by atoms with Crippen molar-refractivity contribution in [3.8, 4) is 0 Å². The maximum Gasteiger partial charge on any atom is 0.0669 e. The molecule has 1 aliphatic rings. The van der Waals surface area contributed by atoms with Gasteiger partial charge in [0.15, 0.2) is 0 Å². The van der Waals surface area contributed by atoms with E-state index >= 15 is 0 Å². The average molecular weight is 207 g/mol. The van der Waals surface area contributed by atoms with Crippen LogP contribution in [0.25, 0.3) is 0 Å². The van der Waals surface area contributed by atoms with Gasteiger partial charge in [-0.15, -0.1) is 0 Å². The minimum absolute atomic E-state index is 0.283. The number of hydrogen-bond donors (Lipinski definition) is 0. The Balaban J connectivity index is 2.13. The predicted molar refractivity (Wildman–Crippen MR) is 61.9 cm³/mol. The van der Waals surface area contributed by atoms with Gasteiger partial charge in [-0.1, -0.05) is 0 Å². The second kappa shape index (κ2) is 3.63. The highest BCUT2D eigenvalue weighted by molar-refractivity contribution is 5.19. The third kappa shape index (κ3) is 2.23. The first-order valence-corrected chi connectivity index (χ1v) is 5.73. The molecule has 0 radical (unpaired) electrons. The Morgan fingerprint density at radius 1 is 1.20 bits per heavy atom.